The number of anilines is 1. The monoisotopic (exact) mass is 299 g/mol. The molecule has 20 heavy (non-hydrogen) atoms. The highest BCUT2D eigenvalue weighted by atomic mass is 35.5. The van der Waals surface area contributed by atoms with Crippen molar-refractivity contribution < 1.29 is 18.3 Å². The second-order valence-electron chi connectivity index (χ2n) is 3.74. The van der Waals surface area contributed by atoms with E-state index in [-0.39, 0.29) is 27.9 Å². The Labute approximate surface area is 117 Å². The van der Waals surface area contributed by atoms with Gasteiger partial charge in [-0.15, -0.1) is 0 Å². The number of carbonyl (C=O) groups excluding carboxylic acids is 1. The summed E-state index contributed by atoms with van der Waals surface area (Å²) in [4.78, 5) is 19.0. The van der Waals surface area contributed by atoms with Crippen LogP contribution in [0.5, 0.6) is 0 Å². The van der Waals surface area contributed by atoms with Gasteiger partial charge in [-0.25, -0.2) is 23.5 Å². The van der Waals surface area contributed by atoms with E-state index >= 15 is 0 Å². The minimum Gasteiger partial charge on any atom is -0.464 e. The molecule has 0 fully saturated rings. The highest BCUT2D eigenvalue weighted by molar-refractivity contribution is 6.30. The quantitative estimate of drug-likeness (QED) is 0.680. The van der Waals surface area contributed by atoms with Gasteiger partial charge in [-0.05, 0) is 12.1 Å². The number of esters is 1. The summed E-state index contributed by atoms with van der Waals surface area (Å²) in [5.41, 5.74) is 5.08. The zero-order chi connectivity index (χ0) is 14.9. The summed E-state index contributed by atoms with van der Waals surface area (Å²) in [5, 5.41) is -0.372. The third-order valence-corrected chi connectivity index (χ3v) is 2.68. The molecule has 0 spiro atoms. The van der Waals surface area contributed by atoms with Crippen LogP contribution in [0, 0.1) is 11.6 Å². The van der Waals surface area contributed by atoms with E-state index < -0.39 is 17.6 Å². The Morgan fingerprint density at radius 3 is 2.60 bits per heavy atom. The molecule has 0 bridgehead atoms. The molecule has 2 rings (SSSR count). The Bertz CT molecular complexity index is 695. The molecule has 0 atom stereocenters. The van der Waals surface area contributed by atoms with E-state index in [9.17, 15) is 13.6 Å². The molecular formula is C12H8ClF2N3O2. The Balaban J connectivity index is 2.61. The molecule has 8 heteroatoms. The summed E-state index contributed by atoms with van der Waals surface area (Å²) in [7, 11) is 1.16. The van der Waals surface area contributed by atoms with Crippen molar-refractivity contribution in [2.75, 3.05) is 12.8 Å². The first kappa shape index (κ1) is 14.1. The highest BCUT2D eigenvalue weighted by Gasteiger charge is 2.16. The summed E-state index contributed by atoms with van der Waals surface area (Å²) in [6, 6.07) is 2.78. The van der Waals surface area contributed by atoms with Gasteiger partial charge < -0.3 is 10.5 Å². The number of carbonyl (C=O) groups is 1. The van der Waals surface area contributed by atoms with Gasteiger partial charge in [0.15, 0.2) is 11.5 Å². The lowest BCUT2D eigenvalue weighted by Crippen LogP contribution is -2.08. The minimum atomic E-state index is -0.839. The molecule has 1 heterocycles. The van der Waals surface area contributed by atoms with Crippen molar-refractivity contribution in [2.45, 2.75) is 0 Å². The van der Waals surface area contributed by atoms with Gasteiger partial charge in [0.2, 0.25) is 0 Å². The molecule has 0 aliphatic heterocycles. The summed E-state index contributed by atoms with van der Waals surface area (Å²) in [6.07, 6.45) is 0. The van der Waals surface area contributed by atoms with Gasteiger partial charge >= 0.3 is 5.97 Å². The lowest BCUT2D eigenvalue weighted by atomic mass is 10.2. The number of rotatable bonds is 2. The predicted molar refractivity (Wildman–Crippen MR) is 68.1 cm³/mol. The number of nitrogens with zero attached hydrogens (tertiary/aromatic N) is 2. The van der Waals surface area contributed by atoms with Crippen molar-refractivity contribution in [3.8, 4) is 11.4 Å². The molecule has 0 amide bonds. The van der Waals surface area contributed by atoms with Crippen LogP contribution < -0.4 is 5.73 Å². The van der Waals surface area contributed by atoms with Crippen LogP contribution in [0.25, 0.3) is 11.4 Å². The molecule has 1 aromatic carbocycles. The smallest absolute Gasteiger partial charge is 0.356 e. The summed E-state index contributed by atoms with van der Waals surface area (Å²) < 4.78 is 31.6. The van der Waals surface area contributed by atoms with Crippen molar-refractivity contribution >= 4 is 23.4 Å². The van der Waals surface area contributed by atoms with Crippen molar-refractivity contribution in [1.82, 2.24) is 9.97 Å². The van der Waals surface area contributed by atoms with E-state index in [2.05, 4.69) is 14.7 Å². The standard InChI is InChI=1S/C12H8ClF2N3O2/c1-20-12(19)9-4-10(16)18-11(17-9)5-2-8(15)6(13)3-7(5)14/h2-4H,1H3,(H2,16,17,18). The first-order valence-corrected chi connectivity index (χ1v) is 5.68. The fourth-order valence-electron chi connectivity index (χ4n) is 1.49. The van der Waals surface area contributed by atoms with Crippen molar-refractivity contribution in [3.63, 3.8) is 0 Å². The number of ether oxygens (including phenoxy) is 1. The molecule has 0 aliphatic carbocycles. The largest absolute Gasteiger partial charge is 0.464 e. The highest BCUT2D eigenvalue weighted by Crippen LogP contribution is 2.26. The van der Waals surface area contributed by atoms with Crippen LogP contribution >= 0.6 is 11.6 Å². The number of hydrogen-bond donors (Lipinski definition) is 1. The number of hydrogen-bond acceptors (Lipinski definition) is 5. The second kappa shape index (κ2) is 5.38. The van der Waals surface area contributed by atoms with Crippen molar-refractivity contribution in [3.05, 3.63) is 40.6 Å². The van der Waals surface area contributed by atoms with Gasteiger partial charge in [0.1, 0.15) is 17.5 Å². The summed E-state index contributed by atoms with van der Waals surface area (Å²) >= 11 is 5.45. The third kappa shape index (κ3) is 2.67. The molecule has 2 N–H and O–H groups in total. The van der Waals surface area contributed by atoms with Crippen LogP contribution in [-0.4, -0.2) is 23.0 Å². The van der Waals surface area contributed by atoms with Crippen LogP contribution in [0.4, 0.5) is 14.6 Å². The average molecular weight is 300 g/mol. The number of halogens is 3. The van der Waals surface area contributed by atoms with Gasteiger partial charge in [-0.1, -0.05) is 11.6 Å². The van der Waals surface area contributed by atoms with Gasteiger partial charge in [0, 0.05) is 6.07 Å². The fraction of sp³-hybridized carbons (Fsp3) is 0.0833. The van der Waals surface area contributed by atoms with E-state index in [1.807, 2.05) is 0 Å². The Hall–Kier alpha value is -2.28. The molecular weight excluding hydrogens is 292 g/mol. The molecule has 0 aliphatic rings. The van der Waals surface area contributed by atoms with Crippen LogP contribution in [0.3, 0.4) is 0 Å². The second-order valence-corrected chi connectivity index (χ2v) is 4.15. The zero-order valence-corrected chi connectivity index (χ0v) is 10.9. The molecule has 0 unspecified atom stereocenters. The maximum Gasteiger partial charge on any atom is 0.356 e. The lowest BCUT2D eigenvalue weighted by molar-refractivity contribution is 0.0594. The van der Waals surface area contributed by atoms with E-state index in [1.165, 1.54) is 6.07 Å². The fourth-order valence-corrected chi connectivity index (χ4v) is 1.64. The van der Waals surface area contributed by atoms with E-state index in [0.29, 0.717) is 0 Å². The van der Waals surface area contributed by atoms with Crippen LogP contribution in [0.2, 0.25) is 5.02 Å². The van der Waals surface area contributed by atoms with Crippen LogP contribution in [-0.2, 0) is 4.74 Å². The van der Waals surface area contributed by atoms with Crippen molar-refractivity contribution in [1.29, 1.82) is 0 Å². The summed E-state index contributed by atoms with van der Waals surface area (Å²) in [6.45, 7) is 0. The number of nitrogen functional groups attached to an aromatic ring is 1. The van der Waals surface area contributed by atoms with Crippen LogP contribution in [0.1, 0.15) is 10.5 Å². The summed E-state index contributed by atoms with van der Waals surface area (Å²) in [5.74, 6) is -2.76. The molecule has 1 aromatic heterocycles. The van der Waals surface area contributed by atoms with Crippen LogP contribution in [0.15, 0.2) is 18.2 Å². The Kier molecular flexibility index (Phi) is 3.80. The maximum atomic E-state index is 13.8. The predicted octanol–water partition coefficient (Wildman–Crippen LogP) is 2.44. The molecule has 0 radical (unpaired) electrons. The number of methoxy groups -OCH3 is 1. The number of nitrogens with two attached hydrogens (primary N) is 1. The van der Waals surface area contributed by atoms with Gasteiger partial charge in [-0.3, -0.25) is 0 Å². The molecule has 0 saturated carbocycles. The molecule has 5 nitrogen and oxygen atoms in total. The van der Waals surface area contributed by atoms with Gasteiger partial charge in [-0.2, -0.15) is 0 Å². The topological polar surface area (TPSA) is 78.1 Å². The third-order valence-electron chi connectivity index (χ3n) is 2.39. The average Bonchev–Trinajstić information content (AvgIpc) is 2.41. The molecule has 104 valence electrons. The maximum absolute atomic E-state index is 13.8. The first-order valence-electron chi connectivity index (χ1n) is 5.30. The molecule has 2 aromatic rings. The number of benzene rings is 1. The number of aromatic nitrogens is 2. The van der Waals surface area contributed by atoms with Gasteiger partial charge in [0.25, 0.3) is 0 Å². The molecule has 0 saturated heterocycles. The Morgan fingerprint density at radius 2 is 1.95 bits per heavy atom. The van der Waals surface area contributed by atoms with E-state index in [1.54, 1.807) is 0 Å². The van der Waals surface area contributed by atoms with Crippen molar-refractivity contribution in [2.24, 2.45) is 0 Å². The SMILES string of the molecule is COC(=O)c1cc(N)nc(-c2cc(F)c(Cl)cc2F)n1. The zero-order valence-electron chi connectivity index (χ0n) is 10.2. The minimum absolute atomic E-state index is 0.0786. The lowest BCUT2D eigenvalue weighted by Gasteiger charge is -2.06. The van der Waals surface area contributed by atoms with E-state index in [4.69, 9.17) is 17.3 Å². The van der Waals surface area contributed by atoms with E-state index in [0.717, 1.165) is 19.2 Å². The normalized spacial score (nSPS) is 10.4. The van der Waals surface area contributed by atoms with Gasteiger partial charge in [0.05, 0.1) is 17.7 Å². The Morgan fingerprint density at radius 1 is 1.25 bits per heavy atom. The first-order chi connectivity index (χ1) is 9.42.